The number of nitriles is 1. The second-order valence-corrected chi connectivity index (χ2v) is 6.01. The van der Waals surface area contributed by atoms with Crippen molar-refractivity contribution in [3.63, 3.8) is 0 Å². The number of ether oxygens (including phenoxy) is 1. The zero-order valence-electron chi connectivity index (χ0n) is 10.4. The zero-order valence-corrected chi connectivity index (χ0v) is 12.0. The molecule has 0 bridgehead atoms. The number of nitrogens with zero attached hydrogens (tertiary/aromatic N) is 1. The van der Waals surface area contributed by atoms with Gasteiger partial charge in [0.2, 0.25) is 0 Å². The predicted molar refractivity (Wildman–Crippen MR) is 74.1 cm³/mol. The lowest BCUT2D eigenvalue weighted by molar-refractivity contribution is 0.234. The number of rotatable bonds is 5. The Kier molecular flexibility index (Phi) is 3.94. The Labute approximate surface area is 116 Å². The monoisotopic (exact) mass is 308 g/mol. The van der Waals surface area contributed by atoms with E-state index in [9.17, 15) is 0 Å². The molecule has 2 N–H and O–H groups in total. The van der Waals surface area contributed by atoms with Crippen molar-refractivity contribution < 1.29 is 4.74 Å². The van der Waals surface area contributed by atoms with E-state index in [4.69, 9.17) is 15.7 Å². The molecule has 0 heterocycles. The summed E-state index contributed by atoms with van der Waals surface area (Å²) in [5.41, 5.74) is 7.04. The van der Waals surface area contributed by atoms with Crippen LogP contribution in [0.15, 0.2) is 22.7 Å². The smallest absolute Gasteiger partial charge is 0.124 e. The van der Waals surface area contributed by atoms with Crippen molar-refractivity contribution in [1.29, 1.82) is 5.26 Å². The quantitative estimate of drug-likeness (QED) is 0.905. The van der Waals surface area contributed by atoms with Gasteiger partial charge < -0.3 is 10.5 Å². The molecule has 0 aromatic heterocycles. The van der Waals surface area contributed by atoms with Gasteiger partial charge in [-0.2, -0.15) is 5.26 Å². The Morgan fingerprint density at radius 2 is 2.28 bits per heavy atom. The molecule has 18 heavy (non-hydrogen) atoms. The van der Waals surface area contributed by atoms with Gasteiger partial charge in [-0.3, -0.25) is 0 Å². The maximum Gasteiger partial charge on any atom is 0.124 e. The van der Waals surface area contributed by atoms with E-state index in [1.807, 2.05) is 25.1 Å². The molecule has 96 valence electrons. The largest absolute Gasteiger partial charge is 0.493 e. The molecule has 1 aliphatic rings. The Morgan fingerprint density at radius 1 is 1.56 bits per heavy atom. The standard InChI is InChI=1S/C14H17BrN2O/c1-10(17)12-8-11(15)2-3-13(12)18-9-14(4-5-14)6-7-16/h2-3,8,10H,4-6,9,17H2,1H3/t10-/m0/s1. The molecule has 2 rings (SSSR count). The first-order valence-corrected chi connectivity index (χ1v) is 6.90. The van der Waals surface area contributed by atoms with E-state index >= 15 is 0 Å². The summed E-state index contributed by atoms with van der Waals surface area (Å²) in [7, 11) is 0. The molecular weight excluding hydrogens is 292 g/mol. The second kappa shape index (κ2) is 5.29. The minimum atomic E-state index is -0.0661. The van der Waals surface area contributed by atoms with E-state index in [1.54, 1.807) is 0 Å². The molecule has 1 saturated carbocycles. The topological polar surface area (TPSA) is 59.0 Å². The predicted octanol–water partition coefficient (Wildman–Crippen LogP) is 3.54. The van der Waals surface area contributed by atoms with E-state index in [1.165, 1.54) is 0 Å². The van der Waals surface area contributed by atoms with Gasteiger partial charge in [0.15, 0.2) is 0 Å². The van der Waals surface area contributed by atoms with Crippen LogP contribution in [-0.2, 0) is 0 Å². The zero-order chi connectivity index (χ0) is 13.2. The van der Waals surface area contributed by atoms with Crippen LogP contribution in [0, 0.1) is 16.7 Å². The summed E-state index contributed by atoms with van der Waals surface area (Å²) in [6, 6.07) is 8.05. The molecule has 1 aromatic carbocycles. The van der Waals surface area contributed by atoms with E-state index in [0.717, 1.165) is 28.6 Å². The number of hydrogen-bond acceptors (Lipinski definition) is 3. The van der Waals surface area contributed by atoms with E-state index < -0.39 is 0 Å². The number of benzene rings is 1. The van der Waals surface area contributed by atoms with Crippen molar-refractivity contribution in [3.05, 3.63) is 28.2 Å². The molecular formula is C14H17BrN2O. The van der Waals surface area contributed by atoms with Gasteiger partial charge in [0, 0.05) is 27.9 Å². The molecule has 4 heteroatoms. The number of halogens is 1. The van der Waals surface area contributed by atoms with Crippen molar-refractivity contribution in [2.45, 2.75) is 32.2 Å². The Hall–Kier alpha value is -1.05. The third kappa shape index (κ3) is 3.04. The van der Waals surface area contributed by atoms with Crippen LogP contribution >= 0.6 is 15.9 Å². The molecule has 0 aliphatic heterocycles. The first kappa shape index (κ1) is 13.4. The lowest BCUT2D eigenvalue weighted by Gasteiger charge is -2.17. The fourth-order valence-corrected chi connectivity index (χ4v) is 2.33. The molecule has 3 nitrogen and oxygen atoms in total. The summed E-state index contributed by atoms with van der Waals surface area (Å²) in [4.78, 5) is 0. The van der Waals surface area contributed by atoms with E-state index in [2.05, 4.69) is 22.0 Å². The molecule has 1 aromatic rings. The van der Waals surface area contributed by atoms with Gasteiger partial charge >= 0.3 is 0 Å². The summed E-state index contributed by atoms with van der Waals surface area (Å²) >= 11 is 3.44. The highest BCUT2D eigenvalue weighted by molar-refractivity contribution is 9.10. The molecule has 0 amide bonds. The first-order chi connectivity index (χ1) is 8.56. The van der Waals surface area contributed by atoms with E-state index in [-0.39, 0.29) is 11.5 Å². The van der Waals surface area contributed by atoms with Crippen LogP contribution in [0.25, 0.3) is 0 Å². The van der Waals surface area contributed by atoms with E-state index in [0.29, 0.717) is 13.0 Å². The average Bonchev–Trinajstić information content (AvgIpc) is 3.08. The van der Waals surface area contributed by atoms with Crippen molar-refractivity contribution in [2.75, 3.05) is 6.61 Å². The SMILES string of the molecule is C[C@H](N)c1cc(Br)ccc1OCC1(CC#N)CC1. The van der Waals surface area contributed by atoms with Gasteiger partial charge in [-0.25, -0.2) is 0 Å². The normalized spacial score (nSPS) is 17.9. The van der Waals surface area contributed by atoms with Crippen molar-refractivity contribution >= 4 is 15.9 Å². The Balaban J connectivity index is 2.08. The Bertz CT molecular complexity index is 475. The van der Waals surface area contributed by atoms with Crippen molar-refractivity contribution in [3.8, 4) is 11.8 Å². The van der Waals surface area contributed by atoms with Gasteiger partial charge in [-0.1, -0.05) is 15.9 Å². The molecule has 0 saturated heterocycles. The highest BCUT2D eigenvalue weighted by Gasteiger charge is 2.43. The summed E-state index contributed by atoms with van der Waals surface area (Å²) in [5, 5.41) is 8.79. The van der Waals surface area contributed by atoms with Crippen LogP contribution in [0.5, 0.6) is 5.75 Å². The van der Waals surface area contributed by atoms with Crippen molar-refractivity contribution in [1.82, 2.24) is 0 Å². The van der Waals surface area contributed by atoms with Crippen LogP contribution in [0.4, 0.5) is 0 Å². The maximum absolute atomic E-state index is 8.79. The van der Waals surface area contributed by atoms with Gasteiger partial charge in [-0.15, -0.1) is 0 Å². The van der Waals surface area contributed by atoms with Crippen LogP contribution in [-0.4, -0.2) is 6.61 Å². The summed E-state index contributed by atoms with van der Waals surface area (Å²) < 4.78 is 6.88. The molecule has 0 radical (unpaired) electrons. The molecule has 1 fully saturated rings. The van der Waals surface area contributed by atoms with Crippen LogP contribution < -0.4 is 10.5 Å². The third-order valence-electron chi connectivity index (χ3n) is 3.41. The fraction of sp³-hybridized carbons (Fsp3) is 0.500. The van der Waals surface area contributed by atoms with Gasteiger partial charge in [0.25, 0.3) is 0 Å². The summed E-state index contributed by atoms with van der Waals surface area (Å²) in [6.45, 7) is 2.55. The lowest BCUT2D eigenvalue weighted by Crippen LogP contribution is -2.15. The molecule has 0 spiro atoms. The molecule has 1 atom stereocenters. The Morgan fingerprint density at radius 3 is 2.83 bits per heavy atom. The van der Waals surface area contributed by atoms with Crippen LogP contribution in [0.3, 0.4) is 0 Å². The fourth-order valence-electron chi connectivity index (χ4n) is 1.95. The second-order valence-electron chi connectivity index (χ2n) is 5.09. The maximum atomic E-state index is 8.79. The van der Waals surface area contributed by atoms with Gasteiger partial charge in [0.05, 0.1) is 12.7 Å². The summed E-state index contributed by atoms with van der Waals surface area (Å²) in [5.74, 6) is 0.831. The summed E-state index contributed by atoms with van der Waals surface area (Å²) in [6.07, 6.45) is 2.76. The lowest BCUT2D eigenvalue weighted by atomic mass is 10.0. The van der Waals surface area contributed by atoms with Crippen LogP contribution in [0.2, 0.25) is 0 Å². The van der Waals surface area contributed by atoms with Crippen LogP contribution in [0.1, 0.15) is 37.8 Å². The third-order valence-corrected chi connectivity index (χ3v) is 3.90. The minimum Gasteiger partial charge on any atom is -0.493 e. The number of nitrogens with two attached hydrogens (primary N) is 1. The van der Waals surface area contributed by atoms with Gasteiger partial charge in [-0.05, 0) is 38.0 Å². The van der Waals surface area contributed by atoms with Gasteiger partial charge in [0.1, 0.15) is 5.75 Å². The average molecular weight is 309 g/mol. The number of hydrogen-bond donors (Lipinski definition) is 1. The minimum absolute atomic E-state index is 0.0661. The highest BCUT2D eigenvalue weighted by atomic mass is 79.9. The molecule has 0 unspecified atom stereocenters. The highest BCUT2D eigenvalue weighted by Crippen LogP contribution is 2.49. The van der Waals surface area contributed by atoms with Crippen molar-refractivity contribution in [2.24, 2.45) is 11.1 Å². The first-order valence-electron chi connectivity index (χ1n) is 6.11. The molecule has 1 aliphatic carbocycles.